The van der Waals surface area contributed by atoms with Gasteiger partial charge in [0.1, 0.15) is 35.4 Å². The van der Waals surface area contributed by atoms with Gasteiger partial charge in [0.05, 0.1) is 5.57 Å². The van der Waals surface area contributed by atoms with Gasteiger partial charge < -0.3 is 0 Å². The fourth-order valence-corrected chi connectivity index (χ4v) is 2.74. The lowest BCUT2D eigenvalue weighted by Gasteiger charge is -1.99. The number of hydrogen-bond donors (Lipinski definition) is 0. The molecule has 1 aliphatic rings. The molecule has 2 rings (SSSR count). The van der Waals surface area contributed by atoms with Crippen LogP contribution in [0, 0.1) is 45.3 Å². The molecule has 0 aliphatic heterocycles. The number of ketones is 1. The second-order valence-electron chi connectivity index (χ2n) is 3.44. The highest BCUT2D eigenvalue weighted by molar-refractivity contribution is 7.12. The summed E-state index contributed by atoms with van der Waals surface area (Å²) in [5.74, 6) is -0.493. The molecule has 0 unspecified atom stereocenters. The molecule has 0 amide bonds. The second-order valence-corrected chi connectivity index (χ2v) is 4.36. The summed E-state index contributed by atoms with van der Waals surface area (Å²) in [6.45, 7) is 0. The molecule has 0 N–H and O–H groups in total. The van der Waals surface area contributed by atoms with Crippen LogP contribution >= 0.6 is 11.3 Å². The molecule has 86 valence electrons. The number of Topliss-reactive ketones (excluding diaryl/α,β-unsaturated/α-hetero) is 1. The molecular formula is C13H2N4OS. The first-order valence-corrected chi connectivity index (χ1v) is 5.79. The number of rotatable bonds is 0. The van der Waals surface area contributed by atoms with Crippen molar-refractivity contribution in [3.8, 4) is 24.3 Å². The first-order chi connectivity index (χ1) is 9.19. The molecule has 6 heteroatoms. The van der Waals surface area contributed by atoms with Gasteiger partial charge >= 0.3 is 0 Å². The minimum absolute atomic E-state index is 0.0955. The molecule has 0 saturated heterocycles. The standard InChI is InChI=1S/C13H2N4OS/c14-3-7(4-15)10-11(8(5-16)6-17)13-9(12(10)18)1-2-19-13/h1-2H. The van der Waals surface area contributed by atoms with Crippen LogP contribution in [0.3, 0.4) is 0 Å². The first kappa shape index (κ1) is 12.3. The largest absolute Gasteiger partial charge is 0.288 e. The number of allylic oxidation sites excluding steroid dienone is 4. The Labute approximate surface area is 112 Å². The highest BCUT2D eigenvalue weighted by Gasteiger charge is 2.36. The molecule has 19 heavy (non-hydrogen) atoms. The number of nitriles is 4. The van der Waals surface area contributed by atoms with E-state index in [0.29, 0.717) is 10.4 Å². The van der Waals surface area contributed by atoms with Crippen LogP contribution in [-0.4, -0.2) is 5.78 Å². The Morgan fingerprint density at radius 3 is 2.00 bits per heavy atom. The van der Waals surface area contributed by atoms with E-state index in [1.807, 2.05) is 0 Å². The van der Waals surface area contributed by atoms with E-state index in [-0.39, 0.29) is 22.3 Å². The summed E-state index contributed by atoms with van der Waals surface area (Å²) in [5.41, 5.74) is -0.386. The van der Waals surface area contributed by atoms with Crippen molar-refractivity contribution in [2.45, 2.75) is 0 Å². The van der Waals surface area contributed by atoms with Crippen LogP contribution in [0.5, 0.6) is 0 Å². The third-order valence-electron chi connectivity index (χ3n) is 2.56. The molecule has 1 aromatic rings. The van der Waals surface area contributed by atoms with Crippen LogP contribution in [0.25, 0.3) is 5.57 Å². The van der Waals surface area contributed by atoms with Crippen LogP contribution in [0.2, 0.25) is 0 Å². The zero-order chi connectivity index (χ0) is 14.0. The molecule has 5 nitrogen and oxygen atoms in total. The van der Waals surface area contributed by atoms with Crippen molar-refractivity contribution in [2.24, 2.45) is 0 Å². The summed E-state index contributed by atoms with van der Waals surface area (Å²) in [6, 6.07) is 8.21. The summed E-state index contributed by atoms with van der Waals surface area (Å²) in [7, 11) is 0. The Morgan fingerprint density at radius 1 is 0.947 bits per heavy atom. The predicted octanol–water partition coefficient (Wildman–Crippen LogP) is 2.09. The molecule has 1 aromatic heterocycles. The average Bonchev–Trinajstić information content (AvgIpc) is 2.99. The number of carbonyl (C=O) groups excluding carboxylic acids is 1. The number of nitrogens with zero attached hydrogens (tertiary/aromatic N) is 4. The van der Waals surface area contributed by atoms with Crippen LogP contribution in [0.4, 0.5) is 0 Å². The lowest BCUT2D eigenvalue weighted by Crippen LogP contribution is -1.99. The van der Waals surface area contributed by atoms with Crippen LogP contribution < -0.4 is 0 Å². The minimum atomic E-state index is -0.493. The Hall–Kier alpha value is -3.19. The molecule has 0 spiro atoms. The molecule has 0 atom stereocenters. The number of thiophene rings is 1. The van der Waals surface area contributed by atoms with Gasteiger partial charge in [-0.05, 0) is 11.4 Å². The van der Waals surface area contributed by atoms with Crippen molar-refractivity contribution in [3.63, 3.8) is 0 Å². The quantitative estimate of drug-likeness (QED) is 0.524. The van der Waals surface area contributed by atoms with Crippen molar-refractivity contribution in [3.05, 3.63) is 38.6 Å². The van der Waals surface area contributed by atoms with Crippen molar-refractivity contribution >= 4 is 22.7 Å². The maximum Gasteiger partial charge on any atom is 0.197 e. The van der Waals surface area contributed by atoms with E-state index in [2.05, 4.69) is 0 Å². The van der Waals surface area contributed by atoms with Gasteiger partial charge in [0.2, 0.25) is 0 Å². The molecule has 0 saturated carbocycles. The maximum atomic E-state index is 12.2. The topological polar surface area (TPSA) is 112 Å². The smallest absolute Gasteiger partial charge is 0.197 e. The van der Waals surface area contributed by atoms with Gasteiger partial charge in [-0.2, -0.15) is 21.0 Å². The van der Waals surface area contributed by atoms with E-state index in [4.69, 9.17) is 21.0 Å². The highest BCUT2D eigenvalue weighted by atomic mass is 32.1. The van der Waals surface area contributed by atoms with Gasteiger partial charge in [0.25, 0.3) is 0 Å². The molecule has 1 heterocycles. The number of hydrogen-bond acceptors (Lipinski definition) is 6. The summed E-state index contributed by atoms with van der Waals surface area (Å²) in [6.07, 6.45) is 0. The van der Waals surface area contributed by atoms with Gasteiger partial charge in [-0.1, -0.05) is 0 Å². The number of carbonyl (C=O) groups is 1. The lowest BCUT2D eigenvalue weighted by molar-refractivity contribution is 0.104. The Bertz CT molecular complexity index is 796. The molecule has 0 radical (unpaired) electrons. The minimum Gasteiger partial charge on any atom is -0.288 e. The van der Waals surface area contributed by atoms with E-state index < -0.39 is 5.78 Å². The lowest BCUT2D eigenvalue weighted by atomic mass is 9.99. The highest BCUT2D eigenvalue weighted by Crippen LogP contribution is 2.43. The molecule has 0 bridgehead atoms. The number of fused-ring (bicyclic) bond motifs is 1. The van der Waals surface area contributed by atoms with E-state index in [1.54, 1.807) is 35.7 Å². The van der Waals surface area contributed by atoms with Gasteiger partial charge in [-0.3, -0.25) is 4.79 Å². The van der Waals surface area contributed by atoms with Crippen LogP contribution in [0.15, 0.2) is 28.2 Å². The van der Waals surface area contributed by atoms with Gasteiger partial charge in [-0.25, -0.2) is 0 Å². The molecule has 0 aromatic carbocycles. The van der Waals surface area contributed by atoms with Crippen molar-refractivity contribution in [1.29, 1.82) is 21.0 Å². The van der Waals surface area contributed by atoms with E-state index >= 15 is 0 Å². The van der Waals surface area contributed by atoms with E-state index in [1.165, 1.54) is 11.3 Å². The van der Waals surface area contributed by atoms with Crippen LogP contribution in [0.1, 0.15) is 15.2 Å². The normalized spacial score (nSPS) is 11.9. The van der Waals surface area contributed by atoms with Gasteiger partial charge in [-0.15, -0.1) is 11.3 Å². The van der Waals surface area contributed by atoms with Crippen molar-refractivity contribution in [2.75, 3.05) is 0 Å². The van der Waals surface area contributed by atoms with E-state index in [0.717, 1.165) is 0 Å². The third kappa shape index (κ3) is 1.61. The average molecular weight is 262 g/mol. The summed E-state index contributed by atoms with van der Waals surface area (Å²) in [4.78, 5) is 12.6. The van der Waals surface area contributed by atoms with Crippen molar-refractivity contribution < 1.29 is 4.79 Å². The summed E-state index contributed by atoms with van der Waals surface area (Å²) < 4.78 is 0. The van der Waals surface area contributed by atoms with Crippen molar-refractivity contribution in [1.82, 2.24) is 0 Å². The summed E-state index contributed by atoms with van der Waals surface area (Å²) >= 11 is 1.19. The second kappa shape index (κ2) is 4.59. The molecular weight excluding hydrogens is 260 g/mol. The van der Waals surface area contributed by atoms with E-state index in [9.17, 15) is 4.79 Å². The summed E-state index contributed by atoms with van der Waals surface area (Å²) in [5, 5.41) is 37.4. The zero-order valence-electron chi connectivity index (χ0n) is 9.26. The van der Waals surface area contributed by atoms with Crippen LogP contribution in [-0.2, 0) is 0 Å². The third-order valence-corrected chi connectivity index (χ3v) is 3.49. The Morgan fingerprint density at radius 2 is 1.47 bits per heavy atom. The maximum absolute atomic E-state index is 12.2. The monoisotopic (exact) mass is 262 g/mol. The zero-order valence-corrected chi connectivity index (χ0v) is 10.1. The predicted molar refractivity (Wildman–Crippen MR) is 65.0 cm³/mol. The Balaban J connectivity index is 2.96. The fourth-order valence-electron chi connectivity index (χ4n) is 1.79. The Kier molecular flexibility index (Phi) is 2.96. The first-order valence-electron chi connectivity index (χ1n) is 4.91. The molecule has 0 fully saturated rings. The molecule has 1 aliphatic carbocycles. The fraction of sp³-hybridized carbons (Fsp3) is 0. The SMILES string of the molecule is N#CC(C#N)=C1C(=O)c2ccsc2C1=C(C#N)C#N. The van der Waals surface area contributed by atoms with Gasteiger partial charge in [0.15, 0.2) is 5.78 Å². The van der Waals surface area contributed by atoms with Gasteiger partial charge in [0, 0.05) is 16.0 Å².